The van der Waals surface area contributed by atoms with Gasteiger partial charge in [0.2, 0.25) is 0 Å². The summed E-state index contributed by atoms with van der Waals surface area (Å²) in [6, 6.07) is 0.0127. The zero-order chi connectivity index (χ0) is 9.84. The van der Waals surface area contributed by atoms with Crippen molar-refractivity contribution in [2.75, 3.05) is 13.2 Å². The van der Waals surface area contributed by atoms with Gasteiger partial charge in [0, 0.05) is 18.8 Å². The van der Waals surface area contributed by atoms with E-state index in [1.54, 1.807) is 4.68 Å². The second-order valence-corrected chi connectivity index (χ2v) is 3.14. The normalized spacial score (nSPS) is 13.2. The summed E-state index contributed by atoms with van der Waals surface area (Å²) in [6.45, 7) is 4.93. The Labute approximate surface area is 78.6 Å². The van der Waals surface area contributed by atoms with Crippen LogP contribution in [0.5, 0.6) is 0 Å². The van der Waals surface area contributed by atoms with Gasteiger partial charge in [0.1, 0.15) is 0 Å². The highest BCUT2D eigenvalue weighted by atomic mass is 16.3. The molecule has 0 fully saturated rings. The molecule has 1 atom stereocenters. The zero-order valence-corrected chi connectivity index (χ0v) is 8.41. The molecule has 0 aliphatic carbocycles. The van der Waals surface area contributed by atoms with Crippen molar-refractivity contribution in [3.05, 3.63) is 17.5 Å². The third-order valence-electron chi connectivity index (χ3n) is 2.06. The molecule has 0 amide bonds. The second-order valence-electron chi connectivity index (χ2n) is 3.14. The van der Waals surface area contributed by atoms with Crippen molar-refractivity contribution in [3.63, 3.8) is 0 Å². The van der Waals surface area contributed by atoms with E-state index < -0.39 is 0 Å². The van der Waals surface area contributed by atoms with Gasteiger partial charge in [-0.1, -0.05) is 6.92 Å². The molecular formula is C9H17N3O. The summed E-state index contributed by atoms with van der Waals surface area (Å²) in [6.07, 6.45) is 1.94. The minimum absolute atomic E-state index is 0.0127. The third-order valence-corrected chi connectivity index (χ3v) is 2.06. The molecule has 0 aliphatic rings. The van der Waals surface area contributed by atoms with Crippen molar-refractivity contribution < 1.29 is 5.11 Å². The summed E-state index contributed by atoms with van der Waals surface area (Å²) >= 11 is 0. The van der Waals surface area contributed by atoms with Gasteiger partial charge in [0.25, 0.3) is 0 Å². The van der Waals surface area contributed by atoms with E-state index in [4.69, 9.17) is 5.11 Å². The van der Waals surface area contributed by atoms with E-state index in [0.29, 0.717) is 0 Å². The predicted molar refractivity (Wildman–Crippen MR) is 51.4 cm³/mol. The Bertz CT molecular complexity index is 270. The third kappa shape index (κ3) is 2.29. The van der Waals surface area contributed by atoms with Crippen LogP contribution in [0.15, 0.2) is 6.20 Å². The Morgan fingerprint density at radius 1 is 1.69 bits per heavy atom. The first-order valence-corrected chi connectivity index (χ1v) is 4.53. The Morgan fingerprint density at radius 2 is 2.38 bits per heavy atom. The van der Waals surface area contributed by atoms with Gasteiger partial charge in [0.05, 0.1) is 18.3 Å². The summed E-state index contributed by atoms with van der Waals surface area (Å²) in [7, 11) is 1.89. The van der Waals surface area contributed by atoms with E-state index in [1.807, 2.05) is 27.1 Å². The summed E-state index contributed by atoms with van der Waals surface area (Å²) in [4.78, 5) is 0. The molecule has 74 valence electrons. The summed E-state index contributed by atoms with van der Waals surface area (Å²) in [5.74, 6) is 0. The van der Waals surface area contributed by atoms with Crippen molar-refractivity contribution in [3.8, 4) is 0 Å². The standard InChI is InChI=1S/C9H17N3O/c1-4-10-9(6-13)8-5-12(3)11-7(8)2/h5,9-10,13H,4,6H2,1-3H3. The lowest BCUT2D eigenvalue weighted by atomic mass is 10.1. The number of hydrogen-bond acceptors (Lipinski definition) is 3. The maximum atomic E-state index is 9.14. The molecule has 0 saturated heterocycles. The molecule has 1 unspecified atom stereocenters. The minimum atomic E-state index is 0.0127. The monoisotopic (exact) mass is 183 g/mol. The highest BCUT2D eigenvalue weighted by Gasteiger charge is 2.13. The Balaban J connectivity index is 2.83. The summed E-state index contributed by atoms with van der Waals surface area (Å²) < 4.78 is 1.77. The number of hydrogen-bond donors (Lipinski definition) is 2. The molecule has 1 aromatic heterocycles. The van der Waals surface area contributed by atoms with E-state index in [9.17, 15) is 0 Å². The van der Waals surface area contributed by atoms with Crippen LogP contribution in [0.4, 0.5) is 0 Å². The maximum absolute atomic E-state index is 9.14. The van der Waals surface area contributed by atoms with Crippen molar-refractivity contribution in [2.24, 2.45) is 7.05 Å². The van der Waals surface area contributed by atoms with Gasteiger partial charge < -0.3 is 10.4 Å². The quantitative estimate of drug-likeness (QED) is 0.709. The lowest BCUT2D eigenvalue weighted by Crippen LogP contribution is -2.24. The van der Waals surface area contributed by atoms with E-state index in [2.05, 4.69) is 10.4 Å². The number of aromatic nitrogens is 2. The molecule has 0 aliphatic heterocycles. The fourth-order valence-electron chi connectivity index (χ4n) is 1.48. The van der Waals surface area contributed by atoms with Gasteiger partial charge >= 0.3 is 0 Å². The van der Waals surface area contributed by atoms with Gasteiger partial charge in [-0.05, 0) is 13.5 Å². The number of nitrogens with one attached hydrogen (secondary N) is 1. The molecule has 13 heavy (non-hydrogen) atoms. The molecule has 1 aromatic rings. The largest absolute Gasteiger partial charge is 0.394 e. The van der Waals surface area contributed by atoms with Gasteiger partial charge in [-0.25, -0.2) is 0 Å². The number of rotatable bonds is 4. The van der Waals surface area contributed by atoms with E-state index in [0.717, 1.165) is 17.8 Å². The van der Waals surface area contributed by atoms with E-state index in [1.165, 1.54) is 0 Å². The molecule has 0 aromatic carbocycles. The minimum Gasteiger partial charge on any atom is -0.394 e. The zero-order valence-electron chi connectivity index (χ0n) is 8.41. The second kappa shape index (κ2) is 4.39. The Hall–Kier alpha value is -0.870. The fraction of sp³-hybridized carbons (Fsp3) is 0.667. The fourth-order valence-corrected chi connectivity index (χ4v) is 1.48. The van der Waals surface area contributed by atoms with Crippen LogP contribution in [-0.2, 0) is 7.05 Å². The molecule has 0 spiro atoms. The predicted octanol–water partition coefficient (Wildman–Crippen LogP) is 0.371. The molecule has 0 bridgehead atoms. The lowest BCUT2D eigenvalue weighted by molar-refractivity contribution is 0.246. The van der Waals surface area contributed by atoms with E-state index >= 15 is 0 Å². The molecular weight excluding hydrogens is 166 g/mol. The topological polar surface area (TPSA) is 50.1 Å². The van der Waals surface area contributed by atoms with Crippen molar-refractivity contribution in [1.29, 1.82) is 0 Å². The highest BCUT2D eigenvalue weighted by molar-refractivity contribution is 5.19. The first-order chi connectivity index (χ1) is 6.19. The van der Waals surface area contributed by atoms with Crippen molar-refractivity contribution in [1.82, 2.24) is 15.1 Å². The van der Waals surface area contributed by atoms with Crippen LogP contribution in [0.2, 0.25) is 0 Å². The number of aryl methyl sites for hydroxylation is 2. The van der Waals surface area contributed by atoms with Crippen LogP contribution < -0.4 is 5.32 Å². The molecule has 0 radical (unpaired) electrons. The van der Waals surface area contributed by atoms with Crippen LogP contribution in [0.1, 0.15) is 24.2 Å². The SMILES string of the molecule is CCNC(CO)c1cn(C)nc1C. The van der Waals surface area contributed by atoms with Crippen LogP contribution in [0.3, 0.4) is 0 Å². The molecule has 1 rings (SSSR count). The molecule has 4 nitrogen and oxygen atoms in total. The number of aliphatic hydroxyl groups excluding tert-OH is 1. The smallest absolute Gasteiger partial charge is 0.0642 e. The number of likely N-dealkylation sites (N-methyl/N-ethyl adjacent to an activating group) is 1. The highest BCUT2D eigenvalue weighted by Crippen LogP contribution is 2.15. The Kier molecular flexibility index (Phi) is 3.45. The molecule has 1 heterocycles. The molecule has 4 heteroatoms. The van der Waals surface area contributed by atoms with Crippen LogP contribution in [-0.4, -0.2) is 28.0 Å². The maximum Gasteiger partial charge on any atom is 0.0642 e. The summed E-state index contributed by atoms with van der Waals surface area (Å²) in [5.41, 5.74) is 2.05. The van der Waals surface area contributed by atoms with E-state index in [-0.39, 0.29) is 12.6 Å². The number of aliphatic hydroxyl groups is 1. The molecule has 2 N–H and O–H groups in total. The van der Waals surface area contributed by atoms with Gasteiger partial charge in [-0.2, -0.15) is 5.10 Å². The first kappa shape index (κ1) is 10.2. The van der Waals surface area contributed by atoms with Crippen LogP contribution in [0.25, 0.3) is 0 Å². The van der Waals surface area contributed by atoms with Crippen molar-refractivity contribution in [2.45, 2.75) is 19.9 Å². The average molecular weight is 183 g/mol. The van der Waals surface area contributed by atoms with Crippen LogP contribution in [0, 0.1) is 6.92 Å². The van der Waals surface area contributed by atoms with Crippen molar-refractivity contribution >= 4 is 0 Å². The van der Waals surface area contributed by atoms with Gasteiger partial charge in [-0.15, -0.1) is 0 Å². The Morgan fingerprint density at radius 3 is 2.77 bits per heavy atom. The summed E-state index contributed by atoms with van der Waals surface area (Å²) in [5, 5.41) is 16.6. The lowest BCUT2D eigenvalue weighted by Gasteiger charge is -2.13. The first-order valence-electron chi connectivity index (χ1n) is 4.53. The average Bonchev–Trinajstić information content (AvgIpc) is 2.41. The number of nitrogens with zero attached hydrogens (tertiary/aromatic N) is 2. The van der Waals surface area contributed by atoms with Gasteiger partial charge in [0.15, 0.2) is 0 Å². The van der Waals surface area contributed by atoms with Crippen LogP contribution >= 0.6 is 0 Å². The van der Waals surface area contributed by atoms with Gasteiger partial charge in [-0.3, -0.25) is 4.68 Å². The molecule has 0 saturated carbocycles.